The fraction of sp³-hybridized carbons (Fsp3) is 0.188. The van der Waals surface area contributed by atoms with Gasteiger partial charge in [0.1, 0.15) is 11.6 Å². The summed E-state index contributed by atoms with van der Waals surface area (Å²) >= 11 is 0. The molecule has 2 rings (SSSR count). The highest BCUT2D eigenvalue weighted by molar-refractivity contribution is 6.05. The minimum Gasteiger partial charge on any atom is -0.494 e. The first-order valence-corrected chi connectivity index (χ1v) is 6.60. The molecule has 1 amide bonds. The van der Waals surface area contributed by atoms with Crippen LogP contribution in [0, 0.1) is 12.7 Å². The van der Waals surface area contributed by atoms with Gasteiger partial charge >= 0.3 is 0 Å². The Balaban J connectivity index is 2.21. The average Bonchev–Trinajstić information content (AvgIpc) is 2.42. The largest absolute Gasteiger partial charge is 0.494 e. The number of amides is 1. The Hall–Kier alpha value is -2.56. The predicted molar refractivity (Wildman–Crippen MR) is 81.1 cm³/mol. The van der Waals surface area contributed by atoms with E-state index in [2.05, 4.69) is 5.32 Å². The van der Waals surface area contributed by atoms with Gasteiger partial charge in [0, 0.05) is 23.0 Å². The highest BCUT2D eigenvalue weighted by Gasteiger charge is 2.10. The lowest BCUT2D eigenvalue weighted by Crippen LogP contribution is -2.13. The van der Waals surface area contributed by atoms with E-state index in [1.165, 1.54) is 6.07 Å². The molecule has 0 bridgehead atoms. The second kappa shape index (κ2) is 6.26. The van der Waals surface area contributed by atoms with Crippen LogP contribution in [0.5, 0.6) is 5.75 Å². The molecule has 2 aromatic carbocycles. The molecular weight excluding hydrogens is 271 g/mol. The normalized spacial score (nSPS) is 10.2. The van der Waals surface area contributed by atoms with Crippen LogP contribution in [0.2, 0.25) is 0 Å². The smallest absolute Gasteiger partial charge is 0.255 e. The number of carbonyl (C=O) groups excluding carboxylic acids is 1. The van der Waals surface area contributed by atoms with Crippen LogP contribution in [0.15, 0.2) is 36.4 Å². The van der Waals surface area contributed by atoms with Crippen LogP contribution in [0.25, 0.3) is 0 Å². The average molecular weight is 288 g/mol. The van der Waals surface area contributed by atoms with Gasteiger partial charge in [0.15, 0.2) is 0 Å². The van der Waals surface area contributed by atoms with Gasteiger partial charge in [0.2, 0.25) is 0 Å². The zero-order chi connectivity index (χ0) is 15.4. The lowest BCUT2D eigenvalue weighted by Gasteiger charge is -2.09. The number of carbonyl (C=O) groups is 1. The van der Waals surface area contributed by atoms with Gasteiger partial charge in [-0.3, -0.25) is 4.79 Å². The second-order valence-corrected chi connectivity index (χ2v) is 4.64. The molecule has 0 saturated carbocycles. The summed E-state index contributed by atoms with van der Waals surface area (Å²) in [4.78, 5) is 12.2. The highest BCUT2D eigenvalue weighted by Crippen LogP contribution is 2.21. The van der Waals surface area contributed by atoms with Crippen LogP contribution in [0.3, 0.4) is 0 Å². The number of nitrogen functional groups attached to an aromatic ring is 1. The molecule has 0 aliphatic heterocycles. The monoisotopic (exact) mass is 288 g/mol. The van der Waals surface area contributed by atoms with Crippen molar-refractivity contribution >= 4 is 17.3 Å². The number of aryl methyl sites for hydroxylation is 1. The van der Waals surface area contributed by atoms with Crippen LogP contribution in [0.4, 0.5) is 15.8 Å². The van der Waals surface area contributed by atoms with Crippen LogP contribution in [-0.2, 0) is 0 Å². The number of anilines is 2. The zero-order valence-corrected chi connectivity index (χ0v) is 11.9. The molecular formula is C16H17FN2O2. The topological polar surface area (TPSA) is 64.3 Å². The Kier molecular flexibility index (Phi) is 4.42. The van der Waals surface area contributed by atoms with Crippen LogP contribution >= 0.6 is 0 Å². The third-order valence-electron chi connectivity index (χ3n) is 2.93. The number of nitrogens with two attached hydrogens (primary N) is 1. The molecule has 0 atom stereocenters. The van der Waals surface area contributed by atoms with Crippen molar-refractivity contribution < 1.29 is 13.9 Å². The van der Waals surface area contributed by atoms with Gasteiger partial charge in [0.05, 0.1) is 6.61 Å². The Bertz CT molecular complexity index is 671. The molecule has 0 aliphatic carbocycles. The number of halogens is 1. The van der Waals surface area contributed by atoms with E-state index in [4.69, 9.17) is 10.5 Å². The number of hydrogen-bond acceptors (Lipinski definition) is 3. The summed E-state index contributed by atoms with van der Waals surface area (Å²) < 4.78 is 18.8. The lowest BCUT2D eigenvalue weighted by molar-refractivity contribution is 0.102. The van der Waals surface area contributed by atoms with E-state index in [0.29, 0.717) is 34.9 Å². The Morgan fingerprint density at radius 3 is 2.71 bits per heavy atom. The molecule has 0 aromatic heterocycles. The molecule has 0 aliphatic rings. The molecule has 110 valence electrons. The van der Waals surface area contributed by atoms with Crippen LogP contribution < -0.4 is 15.8 Å². The zero-order valence-electron chi connectivity index (χ0n) is 11.9. The first kappa shape index (κ1) is 14.8. The quantitative estimate of drug-likeness (QED) is 0.848. The van der Waals surface area contributed by atoms with Gasteiger partial charge in [-0.05, 0) is 43.7 Å². The molecule has 2 aromatic rings. The maximum Gasteiger partial charge on any atom is 0.255 e. The van der Waals surface area contributed by atoms with E-state index < -0.39 is 0 Å². The summed E-state index contributed by atoms with van der Waals surface area (Å²) in [5, 5.41) is 2.63. The summed E-state index contributed by atoms with van der Waals surface area (Å²) in [6.07, 6.45) is 0. The molecule has 0 unspecified atom stereocenters. The Morgan fingerprint density at radius 2 is 2.05 bits per heavy atom. The van der Waals surface area contributed by atoms with Gasteiger partial charge in [-0.1, -0.05) is 6.07 Å². The van der Waals surface area contributed by atoms with Gasteiger partial charge in [-0.2, -0.15) is 0 Å². The molecule has 3 N–H and O–H groups in total. The van der Waals surface area contributed by atoms with Crippen molar-refractivity contribution in [2.75, 3.05) is 17.7 Å². The number of hydrogen-bond donors (Lipinski definition) is 2. The SMILES string of the molecule is CCOc1cc(N)cc(C(=O)Nc2ccc(C)c(F)c2)c1. The summed E-state index contributed by atoms with van der Waals surface area (Å²) in [6.45, 7) is 3.99. The Morgan fingerprint density at radius 1 is 1.29 bits per heavy atom. The van der Waals surface area contributed by atoms with Gasteiger partial charge in [0.25, 0.3) is 5.91 Å². The first-order chi connectivity index (χ1) is 9.99. The summed E-state index contributed by atoms with van der Waals surface area (Å²) in [7, 11) is 0. The third kappa shape index (κ3) is 3.72. The third-order valence-corrected chi connectivity index (χ3v) is 2.93. The van der Waals surface area contributed by atoms with E-state index >= 15 is 0 Å². The van der Waals surface area contributed by atoms with Crippen molar-refractivity contribution in [3.05, 3.63) is 53.3 Å². The number of rotatable bonds is 4. The highest BCUT2D eigenvalue weighted by atomic mass is 19.1. The molecule has 0 saturated heterocycles. The number of ether oxygens (including phenoxy) is 1. The number of benzene rings is 2. The van der Waals surface area contributed by atoms with Crippen molar-refractivity contribution in [2.45, 2.75) is 13.8 Å². The predicted octanol–water partition coefficient (Wildman–Crippen LogP) is 3.37. The Labute approximate surface area is 122 Å². The van der Waals surface area contributed by atoms with Gasteiger partial charge < -0.3 is 15.8 Å². The van der Waals surface area contributed by atoms with Crippen molar-refractivity contribution in [3.8, 4) is 5.75 Å². The lowest BCUT2D eigenvalue weighted by atomic mass is 10.1. The van der Waals surface area contributed by atoms with Crippen molar-refractivity contribution in [3.63, 3.8) is 0 Å². The van der Waals surface area contributed by atoms with Crippen molar-refractivity contribution in [1.29, 1.82) is 0 Å². The molecule has 4 nitrogen and oxygen atoms in total. The van der Waals surface area contributed by atoms with E-state index in [1.54, 1.807) is 37.3 Å². The maximum absolute atomic E-state index is 13.5. The molecule has 21 heavy (non-hydrogen) atoms. The molecule has 0 spiro atoms. The summed E-state index contributed by atoms with van der Waals surface area (Å²) in [6, 6.07) is 9.32. The summed E-state index contributed by atoms with van der Waals surface area (Å²) in [5.41, 5.74) is 7.45. The van der Waals surface area contributed by atoms with Crippen LogP contribution in [-0.4, -0.2) is 12.5 Å². The van der Waals surface area contributed by atoms with Crippen molar-refractivity contribution in [2.24, 2.45) is 0 Å². The number of nitrogens with one attached hydrogen (secondary N) is 1. The van der Waals surface area contributed by atoms with Gasteiger partial charge in [-0.15, -0.1) is 0 Å². The maximum atomic E-state index is 13.5. The second-order valence-electron chi connectivity index (χ2n) is 4.64. The molecule has 0 radical (unpaired) electrons. The molecule has 0 heterocycles. The van der Waals surface area contributed by atoms with Crippen molar-refractivity contribution in [1.82, 2.24) is 0 Å². The first-order valence-electron chi connectivity index (χ1n) is 6.60. The van der Waals surface area contributed by atoms with Gasteiger partial charge in [-0.25, -0.2) is 4.39 Å². The standard InChI is InChI=1S/C16H17FN2O2/c1-3-21-14-7-11(6-12(18)8-14)16(20)19-13-5-4-10(2)15(17)9-13/h4-9H,3,18H2,1-2H3,(H,19,20). The molecule has 0 fully saturated rings. The fourth-order valence-corrected chi connectivity index (χ4v) is 1.88. The molecule has 5 heteroatoms. The summed E-state index contributed by atoms with van der Waals surface area (Å²) in [5.74, 6) is -0.209. The van der Waals surface area contributed by atoms with E-state index in [1.807, 2.05) is 6.92 Å². The minimum atomic E-state index is -0.369. The fourth-order valence-electron chi connectivity index (χ4n) is 1.88. The van der Waals surface area contributed by atoms with E-state index in [-0.39, 0.29) is 11.7 Å². The van der Waals surface area contributed by atoms with Crippen LogP contribution in [0.1, 0.15) is 22.8 Å². The van der Waals surface area contributed by atoms with E-state index in [0.717, 1.165) is 0 Å². The minimum absolute atomic E-state index is 0.361. The van der Waals surface area contributed by atoms with E-state index in [9.17, 15) is 9.18 Å².